The van der Waals surface area contributed by atoms with Crippen LogP contribution in [0.3, 0.4) is 0 Å². The second-order valence-electron chi connectivity index (χ2n) is 4.07. The zero-order chi connectivity index (χ0) is 11.8. The molecule has 2 unspecified atom stereocenters. The Morgan fingerprint density at radius 1 is 1.38 bits per heavy atom. The SMILES string of the molecule is C#CCC(CC)NC(CC)Cc1cccs1. The summed E-state index contributed by atoms with van der Waals surface area (Å²) in [5, 5.41) is 5.80. The first kappa shape index (κ1) is 13.3. The van der Waals surface area contributed by atoms with Crippen LogP contribution in [0.4, 0.5) is 0 Å². The maximum atomic E-state index is 5.37. The van der Waals surface area contributed by atoms with Crippen LogP contribution < -0.4 is 5.32 Å². The van der Waals surface area contributed by atoms with Crippen LogP contribution in [0.15, 0.2) is 17.5 Å². The van der Waals surface area contributed by atoms with Gasteiger partial charge in [0.25, 0.3) is 0 Å². The summed E-state index contributed by atoms with van der Waals surface area (Å²) < 4.78 is 0. The van der Waals surface area contributed by atoms with E-state index in [9.17, 15) is 0 Å². The first-order valence-electron chi connectivity index (χ1n) is 6.02. The molecule has 1 nitrogen and oxygen atoms in total. The number of rotatable bonds is 7. The highest BCUT2D eigenvalue weighted by Crippen LogP contribution is 2.13. The summed E-state index contributed by atoms with van der Waals surface area (Å²) >= 11 is 1.83. The van der Waals surface area contributed by atoms with Gasteiger partial charge in [-0.15, -0.1) is 23.7 Å². The van der Waals surface area contributed by atoms with Crippen LogP contribution in [0, 0.1) is 12.3 Å². The molecule has 0 amide bonds. The molecule has 1 N–H and O–H groups in total. The first-order valence-corrected chi connectivity index (χ1v) is 6.90. The minimum atomic E-state index is 0.468. The minimum Gasteiger partial charge on any atom is -0.310 e. The molecule has 0 radical (unpaired) electrons. The van der Waals surface area contributed by atoms with E-state index in [1.807, 2.05) is 11.3 Å². The van der Waals surface area contributed by atoms with Gasteiger partial charge in [-0.25, -0.2) is 0 Å². The van der Waals surface area contributed by atoms with Crippen LogP contribution in [0.25, 0.3) is 0 Å². The van der Waals surface area contributed by atoms with E-state index in [0.717, 1.165) is 25.7 Å². The van der Waals surface area contributed by atoms with Crippen molar-refractivity contribution in [2.24, 2.45) is 0 Å². The van der Waals surface area contributed by atoms with E-state index in [1.54, 1.807) is 0 Å². The quantitative estimate of drug-likeness (QED) is 0.714. The molecule has 1 rings (SSSR count). The molecule has 0 aliphatic heterocycles. The van der Waals surface area contributed by atoms with Gasteiger partial charge in [0.05, 0.1) is 0 Å². The second-order valence-corrected chi connectivity index (χ2v) is 5.10. The molecule has 1 aromatic rings. The highest BCUT2D eigenvalue weighted by molar-refractivity contribution is 7.09. The normalized spacial score (nSPS) is 14.3. The average Bonchev–Trinajstić information content (AvgIpc) is 2.80. The topological polar surface area (TPSA) is 12.0 Å². The van der Waals surface area contributed by atoms with E-state index in [0.29, 0.717) is 12.1 Å². The Morgan fingerprint density at radius 3 is 2.62 bits per heavy atom. The van der Waals surface area contributed by atoms with Gasteiger partial charge in [0.2, 0.25) is 0 Å². The molecule has 88 valence electrons. The van der Waals surface area contributed by atoms with Gasteiger partial charge in [0, 0.05) is 23.4 Å². The van der Waals surface area contributed by atoms with Crippen LogP contribution in [0.5, 0.6) is 0 Å². The summed E-state index contributed by atoms with van der Waals surface area (Å²) in [5.74, 6) is 2.75. The molecule has 1 heterocycles. The Labute approximate surface area is 103 Å². The van der Waals surface area contributed by atoms with Crippen molar-refractivity contribution >= 4 is 11.3 Å². The van der Waals surface area contributed by atoms with E-state index in [-0.39, 0.29) is 0 Å². The van der Waals surface area contributed by atoms with Crippen LogP contribution >= 0.6 is 11.3 Å². The Kier molecular flexibility index (Phi) is 6.22. The summed E-state index contributed by atoms with van der Waals surface area (Å²) in [4.78, 5) is 1.45. The van der Waals surface area contributed by atoms with Gasteiger partial charge in [-0.05, 0) is 30.7 Å². The van der Waals surface area contributed by atoms with E-state index < -0.39 is 0 Å². The molecule has 0 aromatic carbocycles. The van der Waals surface area contributed by atoms with Gasteiger partial charge in [0.1, 0.15) is 0 Å². The van der Waals surface area contributed by atoms with Crippen molar-refractivity contribution in [3.05, 3.63) is 22.4 Å². The van der Waals surface area contributed by atoms with Gasteiger partial charge < -0.3 is 5.32 Å². The number of nitrogens with one attached hydrogen (secondary N) is 1. The van der Waals surface area contributed by atoms with Crippen LogP contribution in [0.1, 0.15) is 38.0 Å². The lowest BCUT2D eigenvalue weighted by Crippen LogP contribution is -2.38. The average molecular weight is 235 g/mol. The van der Waals surface area contributed by atoms with Crippen molar-refractivity contribution in [1.29, 1.82) is 0 Å². The summed E-state index contributed by atoms with van der Waals surface area (Å²) in [6, 6.07) is 5.34. The first-order chi connectivity index (χ1) is 7.80. The van der Waals surface area contributed by atoms with Gasteiger partial charge in [-0.1, -0.05) is 19.9 Å². The molecule has 2 heteroatoms. The Bertz CT molecular complexity index is 310. The molecule has 0 saturated heterocycles. The maximum absolute atomic E-state index is 5.37. The van der Waals surface area contributed by atoms with Gasteiger partial charge in [-0.3, -0.25) is 0 Å². The number of thiophene rings is 1. The zero-order valence-corrected chi connectivity index (χ0v) is 11.0. The maximum Gasteiger partial charge on any atom is 0.0240 e. The van der Waals surface area contributed by atoms with Crippen molar-refractivity contribution in [3.8, 4) is 12.3 Å². The predicted molar refractivity (Wildman–Crippen MR) is 72.8 cm³/mol. The Morgan fingerprint density at radius 2 is 2.12 bits per heavy atom. The van der Waals surface area contributed by atoms with Crippen molar-refractivity contribution in [2.75, 3.05) is 0 Å². The standard InChI is InChI=1S/C14H21NS/c1-4-8-12(5-2)15-13(6-3)11-14-9-7-10-16-14/h1,7,9-10,12-13,15H,5-6,8,11H2,2-3H3. The van der Waals surface area contributed by atoms with Crippen LogP contribution in [-0.2, 0) is 6.42 Å². The highest BCUT2D eigenvalue weighted by atomic mass is 32.1. The third-order valence-corrected chi connectivity index (χ3v) is 3.75. The van der Waals surface area contributed by atoms with Crippen molar-refractivity contribution < 1.29 is 0 Å². The van der Waals surface area contributed by atoms with Gasteiger partial charge >= 0.3 is 0 Å². The predicted octanol–water partition coefficient (Wildman–Crippen LogP) is 3.46. The van der Waals surface area contributed by atoms with Crippen molar-refractivity contribution in [1.82, 2.24) is 5.32 Å². The molecule has 16 heavy (non-hydrogen) atoms. The fraction of sp³-hybridized carbons (Fsp3) is 0.571. The monoisotopic (exact) mass is 235 g/mol. The molecule has 1 aromatic heterocycles. The molecule has 2 atom stereocenters. The van der Waals surface area contributed by atoms with E-state index >= 15 is 0 Å². The smallest absolute Gasteiger partial charge is 0.0240 e. The fourth-order valence-electron chi connectivity index (χ4n) is 1.79. The van der Waals surface area contributed by atoms with Gasteiger partial charge in [0.15, 0.2) is 0 Å². The lowest BCUT2D eigenvalue weighted by Gasteiger charge is -2.22. The summed E-state index contributed by atoms with van der Waals surface area (Å²) in [5.41, 5.74) is 0. The number of hydrogen-bond donors (Lipinski definition) is 1. The highest BCUT2D eigenvalue weighted by Gasteiger charge is 2.12. The largest absolute Gasteiger partial charge is 0.310 e. The summed E-state index contributed by atoms with van der Waals surface area (Å²) in [6.45, 7) is 4.42. The van der Waals surface area contributed by atoms with Crippen LogP contribution in [0.2, 0.25) is 0 Å². The Hall–Kier alpha value is -0.780. The molecule has 0 saturated carbocycles. The van der Waals surface area contributed by atoms with Gasteiger partial charge in [-0.2, -0.15) is 0 Å². The van der Waals surface area contributed by atoms with Crippen molar-refractivity contribution in [3.63, 3.8) is 0 Å². The molecule has 0 aliphatic rings. The van der Waals surface area contributed by atoms with Crippen molar-refractivity contribution in [2.45, 2.75) is 51.6 Å². The van der Waals surface area contributed by atoms with Crippen LogP contribution in [-0.4, -0.2) is 12.1 Å². The summed E-state index contributed by atoms with van der Waals surface area (Å²) in [7, 11) is 0. The van der Waals surface area contributed by atoms with E-state index in [4.69, 9.17) is 6.42 Å². The Balaban J connectivity index is 2.45. The zero-order valence-electron chi connectivity index (χ0n) is 10.2. The fourth-order valence-corrected chi connectivity index (χ4v) is 2.58. The van der Waals surface area contributed by atoms with E-state index in [1.165, 1.54) is 4.88 Å². The molecule has 0 aliphatic carbocycles. The molecule has 0 fully saturated rings. The number of hydrogen-bond acceptors (Lipinski definition) is 2. The molecule has 0 bridgehead atoms. The summed E-state index contributed by atoms with van der Waals surface area (Å²) in [6.07, 6.45) is 9.58. The second kappa shape index (κ2) is 7.49. The third-order valence-electron chi connectivity index (χ3n) is 2.85. The number of terminal acetylenes is 1. The molecular formula is C14H21NS. The lowest BCUT2D eigenvalue weighted by molar-refractivity contribution is 0.410. The molecule has 0 spiro atoms. The van der Waals surface area contributed by atoms with E-state index in [2.05, 4.69) is 42.6 Å². The minimum absolute atomic E-state index is 0.468. The lowest BCUT2D eigenvalue weighted by atomic mass is 10.1. The third kappa shape index (κ3) is 4.38. The molecular weight excluding hydrogens is 214 g/mol.